The van der Waals surface area contributed by atoms with E-state index >= 15 is 0 Å². The molecule has 0 saturated heterocycles. The van der Waals surface area contributed by atoms with Crippen LogP contribution in [0.15, 0.2) is 24.4 Å². The van der Waals surface area contributed by atoms with E-state index in [1.165, 1.54) is 0 Å². The number of amides is 1. The number of rotatable bonds is 4. The molecule has 0 radical (unpaired) electrons. The largest absolute Gasteiger partial charge is 0.393 e. The van der Waals surface area contributed by atoms with Crippen molar-refractivity contribution in [3.05, 3.63) is 47.0 Å². The molecule has 6 nitrogen and oxygen atoms in total. The van der Waals surface area contributed by atoms with Crippen molar-refractivity contribution in [3.8, 4) is 0 Å². The summed E-state index contributed by atoms with van der Waals surface area (Å²) in [6, 6.07) is 5.52. The SMILES string of the molecule is O=C(N[C@@H](c1ccccn1)C1CC(O)C1)c1n[nH]c2c1CCC2. The lowest BCUT2D eigenvalue weighted by atomic mass is 9.76. The molecule has 2 aromatic rings. The van der Waals surface area contributed by atoms with E-state index in [1.54, 1.807) is 6.20 Å². The number of carbonyl (C=O) groups is 1. The van der Waals surface area contributed by atoms with Gasteiger partial charge in [-0.15, -0.1) is 0 Å². The number of aryl methyl sites for hydroxylation is 1. The van der Waals surface area contributed by atoms with Crippen LogP contribution in [0, 0.1) is 5.92 Å². The molecule has 120 valence electrons. The number of hydrogen-bond donors (Lipinski definition) is 3. The lowest BCUT2D eigenvalue weighted by molar-refractivity contribution is 0.0227. The maximum atomic E-state index is 12.7. The summed E-state index contributed by atoms with van der Waals surface area (Å²) in [5.41, 5.74) is 3.49. The number of aliphatic hydroxyl groups is 1. The van der Waals surface area contributed by atoms with Gasteiger partial charge in [-0.2, -0.15) is 5.10 Å². The highest BCUT2D eigenvalue weighted by atomic mass is 16.3. The first-order valence-electron chi connectivity index (χ1n) is 8.18. The molecule has 0 aromatic carbocycles. The number of hydrogen-bond acceptors (Lipinski definition) is 4. The Morgan fingerprint density at radius 3 is 2.96 bits per heavy atom. The molecule has 1 saturated carbocycles. The van der Waals surface area contributed by atoms with Crippen molar-refractivity contribution in [1.29, 1.82) is 0 Å². The van der Waals surface area contributed by atoms with Crippen molar-refractivity contribution in [2.24, 2.45) is 5.92 Å². The van der Waals surface area contributed by atoms with Gasteiger partial charge in [0, 0.05) is 17.5 Å². The van der Waals surface area contributed by atoms with E-state index in [-0.39, 0.29) is 24.0 Å². The summed E-state index contributed by atoms with van der Waals surface area (Å²) in [6.07, 6.45) is 5.80. The second-order valence-corrected chi connectivity index (χ2v) is 6.47. The average molecular weight is 312 g/mol. The van der Waals surface area contributed by atoms with Gasteiger partial charge in [0.2, 0.25) is 0 Å². The number of pyridine rings is 1. The van der Waals surface area contributed by atoms with Crippen molar-refractivity contribution in [1.82, 2.24) is 20.5 Å². The molecule has 0 unspecified atom stereocenters. The molecule has 2 aliphatic carbocycles. The summed E-state index contributed by atoms with van der Waals surface area (Å²) in [6.45, 7) is 0. The standard InChI is InChI=1S/C17H20N4O2/c22-11-8-10(9-11)15(14-5-1-2-7-18-14)19-17(23)16-12-4-3-6-13(12)20-21-16/h1-2,5,7,10-11,15,22H,3-4,6,8-9H2,(H,19,23)(H,20,21)/t10?,11?,15-/m1/s1. The molecule has 0 aliphatic heterocycles. The molecular formula is C17H20N4O2. The molecule has 6 heteroatoms. The van der Waals surface area contributed by atoms with Crippen LogP contribution in [0.1, 0.15) is 52.7 Å². The molecule has 4 rings (SSSR count). The van der Waals surface area contributed by atoms with Gasteiger partial charge in [-0.3, -0.25) is 14.9 Å². The number of carbonyl (C=O) groups excluding carboxylic acids is 1. The van der Waals surface area contributed by atoms with Crippen LogP contribution in [-0.2, 0) is 12.8 Å². The normalized spacial score (nSPS) is 23.9. The third-order valence-corrected chi connectivity index (χ3v) is 4.94. The smallest absolute Gasteiger partial charge is 0.272 e. The topological polar surface area (TPSA) is 90.9 Å². The Labute approximate surface area is 134 Å². The van der Waals surface area contributed by atoms with Crippen LogP contribution >= 0.6 is 0 Å². The van der Waals surface area contributed by atoms with Crippen molar-refractivity contribution >= 4 is 5.91 Å². The Morgan fingerprint density at radius 2 is 2.22 bits per heavy atom. The van der Waals surface area contributed by atoms with Crippen molar-refractivity contribution in [3.63, 3.8) is 0 Å². The lowest BCUT2D eigenvalue weighted by Gasteiger charge is -2.37. The minimum absolute atomic E-state index is 0.151. The van der Waals surface area contributed by atoms with Crippen molar-refractivity contribution in [2.45, 2.75) is 44.2 Å². The lowest BCUT2D eigenvalue weighted by Crippen LogP contribution is -2.42. The van der Waals surface area contributed by atoms with Gasteiger partial charge in [0.25, 0.3) is 5.91 Å². The minimum Gasteiger partial charge on any atom is -0.393 e. The van der Waals surface area contributed by atoms with Crippen LogP contribution in [0.25, 0.3) is 0 Å². The van der Waals surface area contributed by atoms with Crippen LogP contribution in [0.2, 0.25) is 0 Å². The predicted molar refractivity (Wildman–Crippen MR) is 83.8 cm³/mol. The number of nitrogens with one attached hydrogen (secondary N) is 2. The quantitative estimate of drug-likeness (QED) is 0.798. The summed E-state index contributed by atoms with van der Waals surface area (Å²) < 4.78 is 0. The van der Waals surface area contributed by atoms with Gasteiger partial charge < -0.3 is 10.4 Å². The first-order valence-corrected chi connectivity index (χ1v) is 8.18. The first kappa shape index (κ1) is 14.4. The fraction of sp³-hybridized carbons (Fsp3) is 0.471. The average Bonchev–Trinajstić information content (AvgIpc) is 3.13. The maximum absolute atomic E-state index is 12.7. The monoisotopic (exact) mass is 312 g/mol. The second kappa shape index (κ2) is 5.77. The van der Waals surface area contributed by atoms with Gasteiger partial charge in [0.15, 0.2) is 5.69 Å². The van der Waals surface area contributed by atoms with Crippen LogP contribution in [0.3, 0.4) is 0 Å². The van der Waals surface area contributed by atoms with E-state index in [1.807, 2.05) is 18.2 Å². The van der Waals surface area contributed by atoms with Gasteiger partial charge in [0.1, 0.15) is 0 Å². The summed E-state index contributed by atoms with van der Waals surface area (Å²) >= 11 is 0. The maximum Gasteiger partial charge on any atom is 0.272 e. The molecule has 2 heterocycles. The van der Waals surface area contributed by atoms with Crippen molar-refractivity contribution in [2.75, 3.05) is 0 Å². The third kappa shape index (κ3) is 2.63. The molecule has 23 heavy (non-hydrogen) atoms. The highest BCUT2D eigenvalue weighted by Crippen LogP contribution is 2.37. The van der Waals surface area contributed by atoms with E-state index in [0.717, 1.165) is 36.2 Å². The highest BCUT2D eigenvalue weighted by molar-refractivity contribution is 5.94. The zero-order chi connectivity index (χ0) is 15.8. The number of H-pyrrole nitrogens is 1. The molecule has 2 aliphatic rings. The summed E-state index contributed by atoms with van der Waals surface area (Å²) in [5, 5.41) is 19.9. The molecule has 1 amide bonds. The zero-order valence-corrected chi connectivity index (χ0v) is 12.8. The Bertz CT molecular complexity index is 707. The van der Waals surface area contributed by atoms with Gasteiger partial charge >= 0.3 is 0 Å². The number of fused-ring (bicyclic) bond motifs is 1. The molecule has 1 atom stereocenters. The molecule has 0 bridgehead atoms. The molecule has 3 N–H and O–H groups in total. The zero-order valence-electron chi connectivity index (χ0n) is 12.8. The van der Waals surface area contributed by atoms with E-state index in [0.29, 0.717) is 18.5 Å². The van der Waals surface area contributed by atoms with E-state index < -0.39 is 0 Å². The molecule has 0 spiro atoms. The van der Waals surface area contributed by atoms with Crippen LogP contribution < -0.4 is 5.32 Å². The second-order valence-electron chi connectivity index (χ2n) is 6.47. The van der Waals surface area contributed by atoms with Crippen LogP contribution in [0.5, 0.6) is 0 Å². The molecular weight excluding hydrogens is 292 g/mol. The Balaban J connectivity index is 1.56. The Kier molecular flexibility index (Phi) is 3.61. The van der Waals surface area contributed by atoms with Crippen LogP contribution in [-0.4, -0.2) is 32.3 Å². The third-order valence-electron chi connectivity index (χ3n) is 4.94. The minimum atomic E-state index is -0.266. The molecule has 1 fully saturated rings. The van der Waals surface area contributed by atoms with Crippen molar-refractivity contribution < 1.29 is 9.90 Å². The highest BCUT2D eigenvalue weighted by Gasteiger charge is 2.37. The molecule has 2 aromatic heterocycles. The number of aromatic nitrogens is 3. The predicted octanol–water partition coefficient (Wildman–Crippen LogP) is 1.54. The van der Waals surface area contributed by atoms with Gasteiger partial charge in [-0.05, 0) is 50.2 Å². The number of aliphatic hydroxyl groups excluding tert-OH is 1. The van der Waals surface area contributed by atoms with E-state index in [9.17, 15) is 9.90 Å². The Hall–Kier alpha value is -2.21. The van der Waals surface area contributed by atoms with Gasteiger partial charge in [0.05, 0.1) is 17.8 Å². The van der Waals surface area contributed by atoms with Gasteiger partial charge in [-0.25, -0.2) is 0 Å². The Morgan fingerprint density at radius 1 is 1.35 bits per heavy atom. The van der Waals surface area contributed by atoms with Crippen LogP contribution in [0.4, 0.5) is 0 Å². The number of nitrogens with zero attached hydrogens (tertiary/aromatic N) is 2. The first-order chi connectivity index (χ1) is 11.2. The fourth-order valence-corrected chi connectivity index (χ4v) is 3.61. The van der Waals surface area contributed by atoms with E-state index in [4.69, 9.17) is 0 Å². The number of aromatic amines is 1. The summed E-state index contributed by atoms with van der Waals surface area (Å²) in [4.78, 5) is 17.1. The summed E-state index contributed by atoms with van der Waals surface area (Å²) in [7, 11) is 0. The fourth-order valence-electron chi connectivity index (χ4n) is 3.61. The van der Waals surface area contributed by atoms with Gasteiger partial charge in [-0.1, -0.05) is 6.07 Å². The summed E-state index contributed by atoms with van der Waals surface area (Å²) in [5.74, 6) is 0.0669. The van der Waals surface area contributed by atoms with E-state index in [2.05, 4.69) is 20.5 Å².